The average Bonchev–Trinajstić information content (AvgIpc) is 2.16. The molecule has 0 saturated heterocycles. The molecule has 6 heteroatoms. The summed E-state index contributed by atoms with van der Waals surface area (Å²) in [6, 6.07) is 4.15. The van der Waals surface area contributed by atoms with Gasteiger partial charge in [-0.05, 0) is 17.7 Å². The van der Waals surface area contributed by atoms with E-state index >= 15 is 0 Å². The number of halogens is 1. The van der Waals surface area contributed by atoms with Gasteiger partial charge in [0.05, 0.1) is 9.91 Å². The zero-order valence-corrected chi connectivity index (χ0v) is 9.09. The number of non-ortho nitro benzene ring substituents is 1. The molecule has 0 aliphatic rings. The molecular weight excluding hydrogens is 236 g/mol. The molecule has 2 N–H and O–H groups in total. The number of rotatable bonds is 3. The predicted octanol–water partition coefficient (Wildman–Crippen LogP) is 2.55. The Morgan fingerprint density at radius 1 is 1.60 bits per heavy atom. The minimum atomic E-state index is -0.492. The molecule has 0 fully saturated rings. The van der Waals surface area contributed by atoms with Crippen molar-refractivity contribution in [1.29, 1.82) is 0 Å². The molecule has 1 aromatic carbocycles. The van der Waals surface area contributed by atoms with Crippen molar-refractivity contribution in [3.8, 4) is 0 Å². The van der Waals surface area contributed by atoms with Gasteiger partial charge in [0.2, 0.25) is 0 Å². The van der Waals surface area contributed by atoms with Crippen LogP contribution in [0.2, 0.25) is 5.02 Å². The molecule has 78 valence electrons. The Labute approximate surface area is 96.5 Å². The number of nitro benzene ring substituents is 1. The maximum absolute atomic E-state index is 10.5. The number of benzene rings is 1. The molecule has 4 nitrogen and oxygen atoms in total. The third-order valence-electron chi connectivity index (χ3n) is 1.62. The van der Waals surface area contributed by atoms with Crippen LogP contribution in [0, 0.1) is 10.1 Å². The molecular formula is C9H7ClN2O2S. The van der Waals surface area contributed by atoms with Crippen LogP contribution < -0.4 is 5.73 Å². The zero-order valence-electron chi connectivity index (χ0n) is 7.51. The second-order valence-corrected chi connectivity index (χ2v) is 3.58. The Kier molecular flexibility index (Phi) is 3.76. The van der Waals surface area contributed by atoms with E-state index in [0.29, 0.717) is 10.6 Å². The number of nitrogens with two attached hydrogens (primary N) is 1. The van der Waals surface area contributed by atoms with Crippen LogP contribution in [-0.4, -0.2) is 9.91 Å². The van der Waals surface area contributed by atoms with Gasteiger partial charge in [-0.2, -0.15) is 0 Å². The van der Waals surface area contributed by atoms with E-state index in [0.717, 1.165) is 0 Å². The second kappa shape index (κ2) is 4.86. The van der Waals surface area contributed by atoms with E-state index < -0.39 is 4.92 Å². The van der Waals surface area contributed by atoms with Crippen molar-refractivity contribution in [1.82, 2.24) is 0 Å². The Morgan fingerprint density at radius 3 is 2.80 bits per heavy atom. The molecule has 0 radical (unpaired) electrons. The first-order valence-corrected chi connectivity index (χ1v) is 4.71. The lowest BCUT2D eigenvalue weighted by molar-refractivity contribution is -0.384. The topological polar surface area (TPSA) is 69.2 Å². The minimum Gasteiger partial charge on any atom is -0.390 e. The van der Waals surface area contributed by atoms with Crippen molar-refractivity contribution in [2.24, 2.45) is 5.73 Å². The quantitative estimate of drug-likeness (QED) is 0.383. The maximum Gasteiger partial charge on any atom is 0.270 e. The monoisotopic (exact) mass is 242 g/mol. The fraction of sp³-hybridized carbons (Fsp3) is 0. The van der Waals surface area contributed by atoms with Crippen molar-refractivity contribution in [2.75, 3.05) is 0 Å². The summed E-state index contributed by atoms with van der Waals surface area (Å²) in [6.07, 6.45) is 3.00. The van der Waals surface area contributed by atoms with Gasteiger partial charge < -0.3 is 5.73 Å². The van der Waals surface area contributed by atoms with Crippen molar-refractivity contribution in [3.63, 3.8) is 0 Å². The summed E-state index contributed by atoms with van der Waals surface area (Å²) in [4.78, 5) is 10.2. The van der Waals surface area contributed by atoms with Crippen LogP contribution in [0.4, 0.5) is 5.69 Å². The zero-order chi connectivity index (χ0) is 11.4. The standard InChI is InChI=1S/C9H7ClN2O2S/c10-8-3-2-7(12(13)14)5-6(8)1-4-9(11)15/h1-5H,(H2,11,15). The highest BCUT2D eigenvalue weighted by Crippen LogP contribution is 2.22. The van der Waals surface area contributed by atoms with Crippen molar-refractivity contribution in [2.45, 2.75) is 0 Å². The third-order valence-corrected chi connectivity index (χ3v) is 2.10. The molecule has 0 bridgehead atoms. The second-order valence-electron chi connectivity index (χ2n) is 2.70. The third kappa shape index (κ3) is 3.30. The minimum absolute atomic E-state index is 0.0259. The Balaban J connectivity index is 3.11. The number of hydrogen-bond donors (Lipinski definition) is 1. The molecule has 0 amide bonds. The fourth-order valence-corrected chi connectivity index (χ4v) is 1.19. The molecule has 0 aliphatic carbocycles. The van der Waals surface area contributed by atoms with Gasteiger partial charge in [-0.15, -0.1) is 0 Å². The summed E-state index contributed by atoms with van der Waals surface area (Å²) in [5.41, 5.74) is 5.74. The van der Waals surface area contributed by atoms with E-state index in [9.17, 15) is 10.1 Å². The van der Waals surface area contributed by atoms with Gasteiger partial charge in [-0.25, -0.2) is 0 Å². The molecule has 0 saturated carbocycles. The van der Waals surface area contributed by atoms with E-state index in [1.165, 1.54) is 30.4 Å². The number of thiocarbonyl (C=S) groups is 1. The SMILES string of the molecule is NC(=S)C=Cc1cc([N+](=O)[O-])ccc1Cl. The molecule has 0 spiro atoms. The first-order chi connectivity index (χ1) is 7.00. The Hall–Kier alpha value is -1.46. The smallest absolute Gasteiger partial charge is 0.270 e. The number of nitro groups is 1. The molecule has 1 rings (SSSR count). The first-order valence-electron chi connectivity index (χ1n) is 3.92. The highest BCUT2D eigenvalue weighted by Gasteiger charge is 2.07. The van der Waals surface area contributed by atoms with Gasteiger partial charge in [0.1, 0.15) is 0 Å². The maximum atomic E-state index is 10.5. The predicted molar refractivity (Wildman–Crippen MR) is 63.9 cm³/mol. The highest BCUT2D eigenvalue weighted by atomic mass is 35.5. The van der Waals surface area contributed by atoms with Crippen LogP contribution in [0.1, 0.15) is 5.56 Å². The van der Waals surface area contributed by atoms with Gasteiger partial charge in [0, 0.05) is 17.2 Å². The van der Waals surface area contributed by atoms with Gasteiger partial charge in [0.15, 0.2) is 0 Å². The van der Waals surface area contributed by atoms with E-state index in [-0.39, 0.29) is 10.7 Å². The van der Waals surface area contributed by atoms with Crippen LogP contribution in [0.5, 0.6) is 0 Å². The van der Waals surface area contributed by atoms with E-state index in [1.807, 2.05) is 0 Å². The molecule has 0 atom stereocenters. The molecule has 0 aliphatic heterocycles. The molecule has 1 aromatic rings. The van der Waals surface area contributed by atoms with Crippen molar-refractivity contribution >= 4 is 40.6 Å². The lowest BCUT2D eigenvalue weighted by Gasteiger charge is -1.97. The van der Waals surface area contributed by atoms with E-state index in [1.54, 1.807) is 0 Å². The first kappa shape index (κ1) is 11.6. The van der Waals surface area contributed by atoms with E-state index in [4.69, 9.17) is 17.3 Å². The lowest BCUT2D eigenvalue weighted by atomic mass is 10.2. The molecule has 0 heterocycles. The normalized spacial score (nSPS) is 10.5. The van der Waals surface area contributed by atoms with Crippen LogP contribution >= 0.6 is 23.8 Å². The van der Waals surface area contributed by atoms with Crippen LogP contribution in [0.15, 0.2) is 24.3 Å². The summed E-state index contributed by atoms with van der Waals surface area (Å²) in [5.74, 6) is 0. The molecule has 0 aromatic heterocycles. The largest absolute Gasteiger partial charge is 0.390 e. The number of nitrogens with zero attached hydrogens (tertiary/aromatic N) is 1. The summed E-state index contributed by atoms with van der Waals surface area (Å²) in [5, 5.41) is 10.9. The van der Waals surface area contributed by atoms with Crippen molar-refractivity contribution < 1.29 is 4.92 Å². The summed E-state index contributed by atoms with van der Waals surface area (Å²) >= 11 is 10.5. The summed E-state index contributed by atoms with van der Waals surface area (Å²) in [7, 11) is 0. The molecule has 0 unspecified atom stereocenters. The van der Waals surface area contributed by atoms with Crippen LogP contribution in [0.25, 0.3) is 6.08 Å². The molecule has 15 heavy (non-hydrogen) atoms. The highest BCUT2D eigenvalue weighted by molar-refractivity contribution is 7.80. The van der Waals surface area contributed by atoms with Gasteiger partial charge in [-0.3, -0.25) is 10.1 Å². The van der Waals surface area contributed by atoms with Gasteiger partial charge >= 0.3 is 0 Å². The Morgan fingerprint density at radius 2 is 2.27 bits per heavy atom. The van der Waals surface area contributed by atoms with Crippen LogP contribution in [0.3, 0.4) is 0 Å². The van der Waals surface area contributed by atoms with Crippen molar-refractivity contribution in [3.05, 3.63) is 45.0 Å². The lowest BCUT2D eigenvalue weighted by Crippen LogP contribution is -2.02. The fourth-order valence-electron chi connectivity index (χ4n) is 0.944. The Bertz CT molecular complexity index is 446. The summed E-state index contributed by atoms with van der Waals surface area (Å²) < 4.78 is 0. The van der Waals surface area contributed by atoms with Gasteiger partial charge in [0.25, 0.3) is 5.69 Å². The van der Waals surface area contributed by atoms with Gasteiger partial charge in [-0.1, -0.05) is 29.9 Å². The average molecular weight is 243 g/mol. The number of hydrogen-bond acceptors (Lipinski definition) is 3. The van der Waals surface area contributed by atoms with Crippen LogP contribution in [-0.2, 0) is 0 Å². The van der Waals surface area contributed by atoms with E-state index in [2.05, 4.69) is 12.2 Å². The summed E-state index contributed by atoms with van der Waals surface area (Å²) in [6.45, 7) is 0.